The van der Waals surface area contributed by atoms with Crippen molar-refractivity contribution < 1.29 is 18.4 Å². The van der Waals surface area contributed by atoms with E-state index in [1.807, 2.05) is 0 Å². The van der Waals surface area contributed by atoms with Crippen molar-refractivity contribution in [3.8, 4) is 0 Å². The molecule has 0 bridgehead atoms. The number of rotatable bonds is 2. The molecule has 0 aliphatic heterocycles. The number of primary amides is 1. The highest BCUT2D eigenvalue weighted by atomic mass is 31.1. The summed E-state index contributed by atoms with van der Waals surface area (Å²) in [6, 6.07) is 0. The van der Waals surface area contributed by atoms with Crippen LogP contribution in [-0.4, -0.2) is 13.2 Å². The normalized spacial score (nSPS) is 11.2. The lowest BCUT2D eigenvalue weighted by molar-refractivity contribution is 0.204. The Kier molecular flexibility index (Phi) is 6.94. The highest BCUT2D eigenvalue weighted by Crippen LogP contribution is 2.20. The van der Waals surface area contributed by atoms with Gasteiger partial charge in [0.25, 0.3) is 0 Å². The van der Waals surface area contributed by atoms with E-state index >= 15 is 0 Å². The van der Waals surface area contributed by atoms with Gasteiger partial charge in [0, 0.05) is 7.11 Å². The number of hydrogen-bond donors (Lipinski definition) is 2. The highest BCUT2D eigenvalue weighted by molar-refractivity contribution is 7.33. The number of carbonyl (C=O) groups excluding carboxylic acids is 1. The zero-order chi connectivity index (χ0) is 6.57. The second-order valence-electron chi connectivity index (χ2n) is 0.875. The van der Waals surface area contributed by atoms with Gasteiger partial charge in [0.2, 0.25) is 0 Å². The van der Waals surface area contributed by atoms with Crippen LogP contribution in [0.15, 0.2) is 0 Å². The summed E-state index contributed by atoms with van der Waals surface area (Å²) in [5.41, 5.74) is 4.45. The van der Waals surface area contributed by atoms with Crippen molar-refractivity contribution in [3.63, 3.8) is 0 Å². The topological polar surface area (TPSA) is 114 Å². The minimum absolute atomic E-state index is 0. The third kappa shape index (κ3) is 7.42. The number of amides is 1. The van der Waals surface area contributed by atoms with Gasteiger partial charge in [0.05, 0.1) is 0 Å². The van der Waals surface area contributed by atoms with Crippen molar-refractivity contribution in [1.82, 2.24) is 6.15 Å². The molecule has 5 N–H and O–H groups in total. The van der Waals surface area contributed by atoms with Crippen molar-refractivity contribution in [2.24, 2.45) is 5.73 Å². The fourth-order valence-corrected chi connectivity index (χ4v) is 0.371. The van der Waals surface area contributed by atoms with Gasteiger partial charge in [-0.25, -0.2) is 9.36 Å². The van der Waals surface area contributed by atoms with Crippen LogP contribution in [0, 0.1) is 0 Å². The second kappa shape index (κ2) is 5.55. The summed E-state index contributed by atoms with van der Waals surface area (Å²) in [4.78, 5) is 9.71. The molecule has 0 saturated carbocycles. The smallest absolute Gasteiger partial charge is 0.377 e. The monoisotopic (exact) mass is 156 g/mol. The molecule has 0 aliphatic rings. The van der Waals surface area contributed by atoms with Gasteiger partial charge >= 0.3 is 14.3 Å². The standard InChI is InChI=1S/C2H6NO4P.H3N/c1-6-8(5)7-2(3)4;/h8H,1H3,(H2,3,4);1H3. The Labute approximate surface area is 52.8 Å². The van der Waals surface area contributed by atoms with Gasteiger partial charge in [-0.05, 0) is 0 Å². The minimum atomic E-state index is -2.65. The maximum atomic E-state index is 10.1. The largest absolute Gasteiger partial charge is 0.410 e. The van der Waals surface area contributed by atoms with Crippen LogP contribution < -0.4 is 11.9 Å². The van der Waals surface area contributed by atoms with Crippen molar-refractivity contribution in [2.45, 2.75) is 0 Å². The molecule has 1 atom stereocenters. The lowest BCUT2D eigenvalue weighted by atomic mass is 11.3. The molecule has 0 heterocycles. The Bertz CT molecular complexity index is 115. The molecular formula is C2H9N2O4P. The van der Waals surface area contributed by atoms with E-state index in [1.54, 1.807) is 0 Å². The average molecular weight is 156 g/mol. The summed E-state index contributed by atoms with van der Waals surface area (Å²) in [5.74, 6) is 0. The second-order valence-corrected chi connectivity index (χ2v) is 1.99. The summed E-state index contributed by atoms with van der Waals surface area (Å²) in [6.07, 6.45) is -1.09. The third-order valence-electron chi connectivity index (χ3n) is 0.351. The van der Waals surface area contributed by atoms with Crippen LogP contribution in [0.5, 0.6) is 0 Å². The molecule has 0 aromatic carbocycles. The summed E-state index contributed by atoms with van der Waals surface area (Å²) in [5, 5.41) is 0. The SMILES string of the molecule is CO[PH](=O)OC(N)=O.N. The van der Waals surface area contributed by atoms with Gasteiger partial charge in [-0.15, -0.1) is 0 Å². The highest BCUT2D eigenvalue weighted by Gasteiger charge is 1.98. The van der Waals surface area contributed by atoms with Crippen molar-refractivity contribution >= 4 is 14.3 Å². The van der Waals surface area contributed by atoms with E-state index in [4.69, 9.17) is 0 Å². The molecule has 0 rings (SSSR count). The maximum absolute atomic E-state index is 10.1. The Hall–Kier alpha value is -0.580. The van der Waals surface area contributed by atoms with Crippen LogP contribution in [-0.2, 0) is 13.6 Å². The Balaban J connectivity index is 0. The van der Waals surface area contributed by atoms with E-state index in [0.717, 1.165) is 7.11 Å². The molecule has 1 unspecified atom stereocenters. The third-order valence-corrected chi connectivity index (χ3v) is 1.05. The Morgan fingerprint density at radius 2 is 2.11 bits per heavy atom. The van der Waals surface area contributed by atoms with E-state index in [0.29, 0.717) is 0 Å². The van der Waals surface area contributed by atoms with Gasteiger partial charge in [0.1, 0.15) is 0 Å². The van der Waals surface area contributed by atoms with Crippen LogP contribution in [0.3, 0.4) is 0 Å². The molecule has 0 aliphatic carbocycles. The zero-order valence-corrected chi connectivity index (χ0v) is 5.92. The van der Waals surface area contributed by atoms with Crippen LogP contribution in [0.25, 0.3) is 0 Å². The number of nitrogens with two attached hydrogens (primary N) is 1. The minimum Gasteiger partial charge on any atom is -0.377 e. The van der Waals surface area contributed by atoms with Crippen LogP contribution >= 0.6 is 8.25 Å². The summed E-state index contributed by atoms with van der Waals surface area (Å²) in [6.45, 7) is 0. The predicted octanol–water partition coefficient (Wildman–Crippen LogP) is 0.280. The molecule has 56 valence electrons. The van der Waals surface area contributed by atoms with Gasteiger partial charge in [-0.2, -0.15) is 0 Å². The van der Waals surface area contributed by atoms with E-state index in [-0.39, 0.29) is 6.15 Å². The maximum Gasteiger partial charge on any atom is 0.410 e. The molecule has 0 radical (unpaired) electrons. The molecule has 0 spiro atoms. The molecule has 7 heteroatoms. The first kappa shape index (κ1) is 11.2. The first-order valence-corrected chi connectivity index (χ1v) is 2.94. The molecule has 0 aromatic rings. The average Bonchev–Trinajstić information content (AvgIpc) is 1.65. The summed E-state index contributed by atoms with van der Waals surface area (Å²) >= 11 is 0. The van der Waals surface area contributed by atoms with Crippen LogP contribution in [0.2, 0.25) is 0 Å². The Morgan fingerprint density at radius 1 is 1.67 bits per heavy atom. The summed E-state index contributed by atoms with van der Waals surface area (Å²) in [7, 11) is -1.50. The van der Waals surface area contributed by atoms with E-state index in [2.05, 4.69) is 14.8 Å². The molecule has 1 amide bonds. The van der Waals surface area contributed by atoms with Gasteiger partial charge in [-0.1, -0.05) is 0 Å². The van der Waals surface area contributed by atoms with Gasteiger partial charge in [-0.3, -0.25) is 0 Å². The molecule has 0 fully saturated rings. The number of hydrogen-bond acceptors (Lipinski definition) is 5. The van der Waals surface area contributed by atoms with Gasteiger partial charge in [0.15, 0.2) is 0 Å². The lowest BCUT2D eigenvalue weighted by Gasteiger charge is -1.94. The van der Waals surface area contributed by atoms with Crippen LogP contribution in [0.1, 0.15) is 0 Å². The molecular weight excluding hydrogens is 147 g/mol. The van der Waals surface area contributed by atoms with Crippen molar-refractivity contribution in [1.29, 1.82) is 0 Å². The molecule has 6 nitrogen and oxygen atoms in total. The predicted molar refractivity (Wildman–Crippen MR) is 31.7 cm³/mol. The first-order valence-electron chi connectivity index (χ1n) is 1.72. The fraction of sp³-hybridized carbons (Fsp3) is 0.500. The van der Waals surface area contributed by atoms with E-state index in [9.17, 15) is 9.36 Å². The van der Waals surface area contributed by atoms with Crippen molar-refractivity contribution in [3.05, 3.63) is 0 Å². The quantitative estimate of drug-likeness (QED) is 0.557. The van der Waals surface area contributed by atoms with Gasteiger partial charge < -0.3 is 20.9 Å². The van der Waals surface area contributed by atoms with E-state index in [1.165, 1.54) is 0 Å². The Morgan fingerprint density at radius 3 is 2.22 bits per heavy atom. The summed E-state index contributed by atoms with van der Waals surface area (Å²) < 4.78 is 18.0. The lowest BCUT2D eigenvalue weighted by Crippen LogP contribution is -2.08. The molecule has 0 saturated heterocycles. The molecule has 9 heavy (non-hydrogen) atoms. The molecule has 0 aromatic heterocycles. The van der Waals surface area contributed by atoms with E-state index < -0.39 is 14.3 Å². The van der Waals surface area contributed by atoms with Crippen LogP contribution in [0.4, 0.5) is 4.79 Å². The van der Waals surface area contributed by atoms with Crippen molar-refractivity contribution in [2.75, 3.05) is 7.11 Å². The number of carbonyl (C=O) groups is 1. The first-order chi connectivity index (χ1) is 3.66. The fourth-order valence-electron chi connectivity index (χ4n) is 0.124. The zero-order valence-electron chi connectivity index (χ0n) is 4.92.